The van der Waals surface area contributed by atoms with Crippen molar-refractivity contribution in [2.75, 3.05) is 19.8 Å². The van der Waals surface area contributed by atoms with Crippen LogP contribution in [0.25, 0.3) is 0 Å². The highest BCUT2D eigenvalue weighted by atomic mass is 16.5. The molecule has 1 atom stereocenters. The number of amides is 1. The highest BCUT2D eigenvalue weighted by molar-refractivity contribution is 5.95. The quantitative estimate of drug-likeness (QED) is 0.741. The first-order valence-electron chi connectivity index (χ1n) is 5.21. The zero-order chi connectivity index (χ0) is 12.4. The number of carbonyl (C=O) groups is 2. The summed E-state index contributed by atoms with van der Waals surface area (Å²) in [5.41, 5.74) is 0.373. The molecule has 1 aliphatic rings. The molecule has 0 bridgehead atoms. The zero-order valence-corrected chi connectivity index (χ0v) is 9.37. The van der Waals surface area contributed by atoms with Crippen molar-refractivity contribution in [2.24, 2.45) is 7.05 Å². The minimum atomic E-state index is -1.06. The van der Waals surface area contributed by atoms with Crippen LogP contribution in [0.2, 0.25) is 0 Å². The summed E-state index contributed by atoms with van der Waals surface area (Å²) >= 11 is 0. The van der Waals surface area contributed by atoms with E-state index in [4.69, 9.17) is 9.84 Å². The Kier molecular flexibility index (Phi) is 3.10. The second-order valence-electron chi connectivity index (χ2n) is 3.77. The van der Waals surface area contributed by atoms with Gasteiger partial charge in [-0.15, -0.1) is 0 Å². The lowest BCUT2D eigenvalue weighted by molar-refractivity contribution is -0.147. The van der Waals surface area contributed by atoms with Crippen LogP contribution in [0.3, 0.4) is 0 Å². The molecule has 0 radical (unpaired) electrons. The van der Waals surface area contributed by atoms with Crippen molar-refractivity contribution in [2.45, 2.75) is 6.04 Å². The van der Waals surface area contributed by atoms with Crippen molar-refractivity contribution >= 4 is 11.9 Å². The molecular formula is C10H13N3O4. The fourth-order valence-corrected chi connectivity index (χ4v) is 1.78. The lowest BCUT2D eigenvalue weighted by Crippen LogP contribution is -2.52. The van der Waals surface area contributed by atoms with E-state index in [9.17, 15) is 9.59 Å². The van der Waals surface area contributed by atoms with Crippen LogP contribution in [-0.4, -0.2) is 57.5 Å². The molecule has 0 aliphatic carbocycles. The van der Waals surface area contributed by atoms with Gasteiger partial charge in [0.15, 0.2) is 6.04 Å². The van der Waals surface area contributed by atoms with E-state index in [1.165, 1.54) is 15.8 Å². The van der Waals surface area contributed by atoms with E-state index in [-0.39, 0.29) is 19.1 Å². The normalized spacial score (nSPS) is 20.3. The minimum absolute atomic E-state index is 0.0267. The summed E-state index contributed by atoms with van der Waals surface area (Å²) in [5.74, 6) is -1.39. The number of rotatable bonds is 2. The summed E-state index contributed by atoms with van der Waals surface area (Å²) in [7, 11) is 1.64. The average molecular weight is 239 g/mol. The van der Waals surface area contributed by atoms with Gasteiger partial charge in [0.2, 0.25) is 0 Å². The van der Waals surface area contributed by atoms with Crippen LogP contribution in [0, 0.1) is 0 Å². The van der Waals surface area contributed by atoms with Crippen LogP contribution in [-0.2, 0) is 16.6 Å². The van der Waals surface area contributed by atoms with E-state index in [1.807, 2.05) is 0 Å². The molecule has 1 aromatic heterocycles. The number of carboxylic acids is 1. The van der Waals surface area contributed by atoms with Crippen LogP contribution >= 0.6 is 0 Å². The molecular weight excluding hydrogens is 226 g/mol. The lowest BCUT2D eigenvalue weighted by atomic mass is 10.2. The molecule has 1 amide bonds. The number of ether oxygens (including phenoxy) is 1. The van der Waals surface area contributed by atoms with Gasteiger partial charge in [-0.2, -0.15) is 5.10 Å². The Bertz CT molecular complexity index is 443. The van der Waals surface area contributed by atoms with E-state index in [0.717, 1.165) is 0 Å². The number of aromatic nitrogens is 2. The third kappa shape index (κ3) is 2.14. The number of morpholine rings is 1. The van der Waals surface area contributed by atoms with E-state index >= 15 is 0 Å². The van der Waals surface area contributed by atoms with Crippen molar-refractivity contribution in [3.8, 4) is 0 Å². The van der Waals surface area contributed by atoms with Gasteiger partial charge in [0.1, 0.15) is 5.69 Å². The van der Waals surface area contributed by atoms with Gasteiger partial charge < -0.3 is 14.7 Å². The summed E-state index contributed by atoms with van der Waals surface area (Å²) in [5, 5.41) is 12.9. The maximum absolute atomic E-state index is 12.1. The van der Waals surface area contributed by atoms with Gasteiger partial charge in [-0.05, 0) is 6.07 Å². The summed E-state index contributed by atoms with van der Waals surface area (Å²) < 4.78 is 6.50. The standard InChI is InChI=1S/C10H13N3O4/c1-12-7(2-3-11-12)9(14)13-4-5-17-6-8(13)10(15)16/h2-3,8H,4-6H2,1H3,(H,15,16). The maximum atomic E-state index is 12.1. The highest BCUT2D eigenvalue weighted by Gasteiger charge is 2.34. The van der Waals surface area contributed by atoms with E-state index in [1.54, 1.807) is 13.1 Å². The minimum Gasteiger partial charge on any atom is -0.480 e. The summed E-state index contributed by atoms with van der Waals surface area (Å²) in [6.07, 6.45) is 1.50. The van der Waals surface area contributed by atoms with Gasteiger partial charge in [0.25, 0.3) is 5.91 Å². The van der Waals surface area contributed by atoms with E-state index in [2.05, 4.69) is 5.10 Å². The van der Waals surface area contributed by atoms with Gasteiger partial charge in [-0.25, -0.2) is 4.79 Å². The monoisotopic (exact) mass is 239 g/mol. The number of carboxylic acid groups (broad SMARTS) is 1. The average Bonchev–Trinajstić information content (AvgIpc) is 2.74. The van der Waals surface area contributed by atoms with Crippen molar-refractivity contribution in [1.29, 1.82) is 0 Å². The van der Waals surface area contributed by atoms with Gasteiger partial charge in [0, 0.05) is 19.8 Å². The summed E-state index contributed by atoms with van der Waals surface area (Å²) in [4.78, 5) is 24.5. The molecule has 7 heteroatoms. The number of hydrogen-bond donors (Lipinski definition) is 1. The number of aryl methyl sites for hydroxylation is 1. The van der Waals surface area contributed by atoms with E-state index < -0.39 is 12.0 Å². The summed E-state index contributed by atoms with van der Waals surface area (Å²) in [6.45, 7) is 0.660. The Balaban J connectivity index is 2.23. The third-order valence-electron chi connectivity index (χ3n) is 2.71. The number of hydrogen-bond acceptors (Lipinski definition) is 4. The lowest BCUT2D eigenvalue weighted by Gasteiger charge is -2.32. The third-order valence-corrected chi connectivity index (χ3v) is 2.71. The Morgan fingerprint density at radius 3 is 2.94 bits per heavy atom. The molecule has 0 spiro atoms. The van der Waals surface area contributed by atoms with Gasteiger partial charge in [-0.3, -0.25) is 9.48 Å². The Labute approximate surface area is 97.6 Å². The summed E-state index contributed by atoms with van der Waals surface area (Å²) in [6, 6.07) is 0.641. The SMILES string of the molecule is Cn1nccc1C(=O)N1CCOCC1C(=O)O. The smallest absolute Gasteiger partial charge is 0.328 e. The number of aliphatic carboxylic acids is 1. The first-order valence-corrected chi connectivity index (χ1v) is 5.21. The highest BCUT2D eigenvalue weighted by Crippen LogP contribution is 2.12. The molecule has 1 unspecified atom stereocenters. The molecule has 1 fully saturated rings. The largest absolute Gasteiger partial charge is 0.480 e. The van der Waals surface area contributed by atoms with Crippen LogP contribution in [0.1, 0.15) is 10.5 Å². The van der Waals surface area contributed by atoms with Crippen LogP contribution in [0.15, 0.2) is 12.3 Å². The van der Waals surface area contributed by atoms with Gasteiger partial charge in [0.05, 0.1) is 13.2 Å². The Hall–Kier alpha value is -1.89. The van der Waals surface area contributed by atoms with Crippen LogP contribution in [0.4, 0.5) is 0 Å². The fourth-order valence-electron chi connectivity index (χ4n) is 1.78. The molecule has 1 aliphatic heterocycles. The topological polar surface area (TPSA) is 84.7 Å². The Morgan fingerprint density at radius 1 is 1.59 bits per heavy atom. The zero-order valence-electron chi connectivity index (χ0n) is 9.37. The second-order valence-corrected chi connectivity index (χ2v) is 3.77. The molecule has 2 rings (SSSR count). The molecule has 2 heterocycles. The number of carbonyl (C=O) groups excluding carboxylic acids is 1. The van der Waals surface area contributed by atoms with Gasteiger partial charge >= 0.3 is 5.97 Å². The first-order chi connectivity index (χ1) is 8.11. The van der Waals surface area contributed by atoms with E-state index in [0.29, 0.717) is 12.3 Å². The molecule has 1 N–H and O–H groups in total. The van der Waals surface area contributed by atoms with Gasteiger partial charge in [-0.1, -0.05) is 0 Å². The molecule has 92 valence electrons. The van der Waals surface area contributed by atoms with Crippen LogP contribution in [0.5, 0.6) is 0 Å². The van der Waals surface area contributed by atoms with Crippen molar-refractivity contribution in [3.05, 3.63) is 18.0 Å². The maximum Gasteiger partial charge on any atom is 0.328 e. The molecule has 7 nitrogen and oxygen atoms in total. The molecule has 0 saturated carbocycles. The first kappa shape index (κ1) is 11.6. The second kappa shape index (κ2) is 4.54. The fraction of sp³-hybridized carbons (Fsp3) is 0.500. The predicted molar refractivity (Wildman–Crippen MR) is 56.5 cm³/mol. The molecule has 17 heavy (non-hydrogen) atoms. The predicted octanol–water partition coefficient (Wildman–Crippen LogP) is -0.654. The number of nitrogens with zero attached hydrogens (tertiary/aromatic N) is 3. The Morgan fingerprint density at radius 2 is 2.35 bits per heavy atom. The van der Waals surface area contributed by atoms with Crippen molar-refractivity contribution < 1.29 is 19.4 Å². The van der Waals surface area contributed by atoms with Crippen molar-refractivity contribution in [3.63, 3.8) is 0 Å². The molecule has 0 aromatic carbocycles. The van der Waals surface area contributed by atoms with Crippen LogP contribution < -0.4 is 0 Å². The molecule has 1 saturated heterocycles. The molecule has 1 aromatic rings. The van der Waals surface area contributed by atoms with Crippen molar-refractivity contribution in [1.82, 2.24) is 14.7 Å².